The summed E-state index contributed by atoms with van der Waals surface area (Å²) >= 11 is 0. The van der Waals surface area contributed by atoms with Gasteiger partial charge in [-0.3, -0.25) is 0 Å². The fourth-order valence-corrected chi connectivity index (χ4v) is 0.944. The minimum atomic E-state index is -0.161. The SMILES string of the molecule is C[C@@H]1C=C[C@@H](O)CC1. The molecule has 0 aliphatic heterocycles. The van der Waals surface area contributed by atoms with Gasteiger partial charge in [-0.2, -0.15) is 0 Å². The van der Waals surface area contributed by atoms with Gasteiger partial charge in [0, 0.05) is 0 Å². The van der Waals surface area contributed by atoms with Gasteiger partial charge in [0.15, 0.2) is 0 Å². The van der Waals surface area contributed by atoms with E-state index in [-0.39, 0.29) is 6.10 Å². The zero-order valence-corrected chi connectivity index (χ0v) is 5.17. The third-order valence-electron chi connectivity index (χ3n) is 1.58. The first-order valence-corrected chi connectivity index (χ1v) is 3.15. The molecule has 0 heterocycles. The van der Waals surface area contributed by atoms with Crippen molar-refractivity contribution in [3.05, 3.63) is 12.2 Å². The Morgan fingerprint density at radius 3 is 2.50 bits per heavy atom. The van der Waals surface area contributed by atoms with E-state index in [1.54, 1.807) is 0 Å². The van der Waals surface area contributed by atoms with Crippen molar-refractivity contribution >= 4 is 0 Å². The van der Waals surface area contributed by atoms with Gasteiger partial charge in [-0.05, 0) is 18.8 Å². The molecule has 0 aromatic heterocycles. The Kier molecular flexibility index (Phi) is 1.69. The maximum Gasteiger partial charge on any atom is 0.0721 e. The van der Waals surface area contributed by atoms with E-state index in [1.165, 1.54) is 0 Å². The molecule has 46 valence electrons. The lowest BCUT2D eigenvalue weighted by Crippen LogP contribution is -2.09. The number of aliphatic hydroxyl groups excluding tert-OH is 1. The standard InChI is InChI=1S/C7H12O/c1-6-2-4-7(8)5-3-6/h2,4,6-8H,3,5H2,1H3/t6-,7-/m1/s1. The Morgan fingerprint density at radius 2 is 2.12 bits per heavy atom. The monoisotopic (exact) mass is 112 g/mol. The van der Waals surface area contributed by atoms with Crippen molar-refractivity contribution in [3.63, 3.8) is 0 Å². The first-order chi connectivity index (χ1) is 3.79. The van der Waals surface area contributed by atoms with Crippen molar-refractivity contribution in [1.82, 2.24) is 0 Å². The molecular formula is C7H12O. The van der Waals surface area contributed by atoms with Crippen LogP contribution in [0.5, 0.6) is 0 Å². The molecule has 0 fully saturated rings. The maximum atomic E-state index is 8.94. The van der Waals surface area contributed by atoms with Crippen molar-refractivity contribution in [2.75, 3.05) is 0 Å². The Bertz CT molecular complexity index is 84.6. The molecule has 1 heteroatoms. The van der Waals surface area contributed by atoms with Gasteiger partial charge in [-0.1, -0.05) is 19.1 Å². The molecule has 0 spiro atoms. The number of hydrogen-bond acceptors (Lipinski definition) is 1. The molecule has 0 bridgehead atoms. The van der Waals surface area contributed by atoms with Crippen LogP contribution in [0.15, 0.2) is 12.2 Å². The summed E-state index contributed by atoms with van der Waals surface area (Å²) in [6.45, 7) is 2.17. The van der Waals surface area contributed by atoms with E-state index >= 15 is 0 Å². The first kappa shape index (κ1) is 5.83. The van der Waals surface area contributed by atoms with E-state index in [0.717, 1.165) is 12.8 Å². The largest absolute Gasteiger partial charge is 0.389 e. The topological polar surface area (TPSA) is 20.2 Å². The summed E-state index contributed by atoms with van der Waals surface area (Å²) in [5.74, 6) is 0.679. The smallest absolute Gasteiger partial charge is 0.0721 e. The lowest BCUT2D eigenvalue weighted by molar-refractivity contribution is 0.196. The highest BCUT2D eigenvalue weighted by Gasteiger charge is 2.07. The third-order valence-corrected chi connectivity index (χ3v) is 1.58. The molecule has 0 aromatic rings. The molecular weight excluding hydrogens is 100 g/mol. The van der Waals surface area contributed by atoms with Crippen LogP contribution >= 0.6 is 0 Å². The molecule has 0 saturated carbocycles. The molecule has 1 N–H and O–H groups in total. The average molecular weight is 112 g/mol. The Balaban J connectivity index is 2.42. The van der Waals surface area contributed by atoms with Crippen LogP contribution in [0.1, 0.15) is 19.8 Å². The lowest BCUT2D eigenvalue weighted by Gasteiger charge is -2.14. The summed E-state index contributed by atoms with van der Waals surface area (Å²) < 4.78 is 0. The van der Waals surface area contributed by atoms with Gasteiger partial charge < -0.3 is 5.11 Å². The van der Waals surface area contributed by atoms with Crippen molar-refractivity contribution in [1.29, 1.82) is 0 Å². The normalized spacial score (nSPS) is 37.8. The molecule has 8 heavy (non-hydrogen) atoms. The molecule has 0 aromatic carbocycles. The number of hydrogen-bond donors (Lipinski definition) is 1. The summed E-state index contributed by atoms with van der Waals surface area (Å²) in [4.78, 5) is 0. The average Bonchev–Trinajstić information content (AvgIpc) is 1.77. The van der Waals surface area contributed by atoms with Crippen LogP contribution in [-0.2, 0) is 0 Å². The minimum absolute atomic E-state index is 0.161. The molecule has 0 unspecified atom stereocenters. The van der Waals surface area contributed by atoms with E-state index in [9.17, 15) is 0 Å². The van der Waals surface area contributed by atoms with Crippen LogP contribution in [0.4, 0.5) is 0 Å². The fourth-order valence-electron chi connectivity index (χ4n) is 0.944. The highest BCUT2D eigenvalue weighted by atomic mass is 16.3. The van der Waals surface area contributed by atoms with Crippen LogP contribution < -0.4 is 0 Å². The van der Waals surface area contributed by atoms with E-state index in [0.29, 0.717) is 5.92 Å². The Hall–Kier alpha value is -0.300. The van der Waals surface area contributed by atoms with Crippen LogP contribution in [0.25, 0.3) is 0 Å². The zero-order valence-electron chi connectivity index (χ0n) is 5.17. The minimum Gasteiger partial charge on any atom is -0.389 e. The Labute approximate surface area is 50.0 Å². The summed E-state index contributed by atoms with van der Waals surface area (Å²) in [6.07, 6.45) is 5.88. The first-order valence-electron chi connectivity index (χ1n) is 3.15. The molecule has 1 rings (SSSR count). The number of allylic oxidation sites excluding steroid dienone is 1. The predicted molar refractivity (Wildman–Crippen MR) is 33.5 cm³/mol. The molecule has 0 saturated heterocycles. The van der Waals surface area contributed by atoms with Gasteiger partial charge in [0.25, 0.3) is 0 Å². The maximum absolute atomic E-state index is 8.94. The quantitative estimate of drug-likeness (QED) is 0.469. The summed E-state index contributed by atoms with van der Waals surface area (Å²) in [7, 11) is 0. The van der Waals surface area contributed by atoms with Crippen molar-refractivity contribution in [2.45, 2.75) is 25.9 Å². The van der Waals surface area contributed by atoms with Gasteiger partial charge in [-0.25, -0.2) is 0 Å². The van der Waals surface area contributed by atoms with E-state index in [2.05, 4.69) is 13.0 Å². The van der Waals surface area contributed by atoms with Crippen molar-refractivity contribution in [2.24, 2.45) is 5.92 Å². The molecule has 1 nitrogen and oxygen atoms in total. The third kappa shape index (κ3) is 1.34. The second-order valence-corrected chi connectivity index (χ2v) is 2.51. The number of rotatable bonds is 0. The Morgan fingerprint density at radius 1 is 1.38 bits per heavy atom. The second kappa shape index (κ2) is 2.31. The van der Waals surface area contributed by atoms with Crippen molar-refractivity contribution in [3.8, 4) is 0 Å². The highest BCUT2D eigenvalue weighted by Crippen LogP contribution is 2.15. The van der Waals surface area contributed by atoms with E-state index in [4.69, 9.17) is 5.11 Å². The van der Waals surface area contributed by atoms with Crippen LogP contribution in [0.2, 0.25) is 0 Å². The van der Waals surface area contributed by atoms with Crippen LogP contribution in [-0.4, -0.2) is 11.2 Å². The zero-order chi connectivity index (χ0) is 5.98. The second-order valence-electron chi connectivity index (χ2n) is 2.51. The molecule has 1 aliphatic rings. The van der Waals surface area contributed by atoms with Gasteiger partial charge in [0.1, 0.15) is 0 Å². The molecule has 2 atom stereocenters. The van der Waals surface area contributed by atoms with E-state index in [1.807, 2.05) is 6.08 Å². The highest BCUT2D eigenvalue weighted by molar-refractivity contribution is 4.96. The van der Waals surface area contributed by atoms with Crippen LogP contribution in [0.3, 0.4) is 0 Å². The molecule has 0 amide bonds. The van der Waals surface area contributed by atoms with E-state index < -0.39 is 0 Å². The summed E-state index contributed by atoms with van der Waals surface area (Å²) in [5, 5.41) is 8.94. The predicted octanol–water partition coefficient (Wildman–Crippen LogP) is 1.33. The van der Waals surface area contributed by atoms with Crippen molar-refractivity contribution < 1.29 is 5.11 Å². The summed E-state index contributed by atoms with van der Waals surface area (Å²) in [5.41, 5.74) is 0. The van der Waals surface area contributed by atoms with Gasteiger partial charge in [-0.15, -0.1) is 0 Å². The van der Waals surface area contributed by atoms with Gasteiger partial charge >= 0.3 is 0 Å². The fraction of sp³-hybridized carbons (Fsp3) is 0.714. The number of aliphatic hydroxyl groups is 1. The summed E-state index contributed by atoms with van der Waals surface area (Å²) in [6, 6.07) is 0. The van der Waals surface area contributed by atoms with Gasteiger partial charge in [0.05, 0.1) is 6.10 Å². The van der Waals surface area contributed by atoms with Crippen LogP contribution in [0, 0.1) is 5.92 Å². The molecule has 1 aliphatic carbocycles. The lowest BCUT2D eigenvalue weighted by atomic mass is 9.96. The molecule has 0 radical (unpaired) electrons. The van der Waals surface area contributed by atoms with Gasteiger partial charge in [0.2, 0.25) is 0 Å².